The topological polar surface area (TPSA) is 54.9 Å². The summed E-state index contributed by atoms with van der Waals surface area (Å²) in [5, 5.41) is 0. The predicted octanol–water partition coefficient (Wildman–Crippen LogP) is 2.66. The van der Waals surface area contributed by atoms with Crippen LogP contribution < -0.4 is 14.4 Å². The van der Waals surface area contributed by atoms with Crippen LogP contribution in [0.3, 0.4) is 0 Å². The van der Waals surface area contributed by atoms with Crippen LogP contribution in [0.5, 0.6) is 11.5 Å². The number of carbonyl (C=O) groups is 1. The summed E-state index contributed by atoms with van der Waals surface area (Å²) in [6.07, 6.45) is 3.23. The van der Waals surface area contributed by atoms with Crippen LogP contribution in [0.1, 0.15) is 22.3 Å². The van der Waals surface area contributed by atoms with E-state index in [1.165, 1.54) is 0 Å². The number of pyridine rings is 1. The van der Waals surface area contributed by atoms with E-state index in [1.54, 1.807) is 38.6 Å². The minimum Gasteiger partial charge on any atom is -0.497 e. The van der Waals surface area contributed by atoms with Gasteiger partial charge >= 0.3 is 0 Å². The number of aromatic nitrogens is 1. The van der Waals surface area contributed by atoms with E-state index in [4.69, 9.17) is 9.47 Å². The van der Waals surface area contributed by atoms with Crippen molar-refractivity contribution in [3.63, 3.8) is 0 Å². The summed E-state index contributed by atoms with van der Waals surface area (Å²) in [5.41, 5.74) is 1.45. The minimum absolute atomic E-state index is 0.00195. The molecule has 0 radical (unpaired) electrons. The minimum atomic E-state index is -0.00195. The Morgan fingerprint density at radius 1 is 1.22 bits per heavy atom. The molecule has 1 aromatic heterocycles. The number of hydrogen-bond donors (Lipinski definition) is 0. The molecule has 144 valence electrons. The van der Waals surface area contributed by atoms with Crippen molar-refractivity contribution in [2.45, 2.75) is 18.9 Å². The zero-order chi connectivity index (χ0) is 19.4. The molecular weight excluding hydrogens is 342 g/mol. The van der Waals surface area contributed by atoms with E-state index in [0.29, 0.717) is 23.1 Å². The van der Waals surface area contributed by atoms with Gasteiger partial charge in [-0.2, -0.15) is 0 Å². The number of Topliss-reactive ketones (excluding diaryl/α,β-unsaturated/α-hetero) is 1. The van der Waals surface area contributed by atoms with Crippen molar-refractivity contribution in [2.75, 3.05) is 46.3 Å². The standard InChI is InChI=1S/C21H27N3O3/c1-23(2)16-9-10-24(14-16)21-8-5-15(13-22-21)11-19(25)18-7-6-17(26-3)12-20(18)27-4/h5-8,12-13,16H,9-11,14H2,1-4H3. The zero-order valence-electron chi connectivity index (χ0n) is 16.4. The maximum Gasteiger partial charge on any atom is 0.171 e. The smallest absolute Gasteiger partial charge is 0.171 e. The van der Waals surface area contributed by atoms with Crippen molar-refractivity contribution in [3.8, 4) is 11.5 Å². The van der Waals surface area contributed by atoms with E-state index in [2.05, 4.69) is 28.9 Å². The van der Waals surface area contributed by atoms with Crippen LogP contribution in [0, 0.1) is 0 Å². The summed E-state index contributed by atoms with van der Waals surface area (Å²) < 4.78 is 10.5. The highest BCUT2D eigenvalue weighted by Crippen LogP contribution is 2.26. The molecule has 2 aromatic rings. The number of ketones is 1. The molecule has 1 aliphatic heterocycles. The van der Waals surface area contributed by atoms with Crippen LogP contribution in [-0.2, 0) is 6.42 Å². The number of hydrogen-bond acceptors (Lipinski definition) is 6. The van der Waals surface area contributed by atoms with Crippen molar-refractivity contribution in [3.05, 3.63) is 47.7 Å². The quantitative estimate of drug-likeness (QED) is 0.700. The lowest BCUT2D eigenvalue weighted by atomic mass is 10.0. The van der Waals surface area contributed by atoms with Crippen molar-refractivity contribution in [1.29, 1.82) is 0 Å². The van der Waals surface area contributed by atoms with Gasteiger partial charge in [0, 0.05) is 37.8 Å². The summed E-state index contributed by atoms with van der Waals surface area (Å²) in [7, 11) is 7.37. The number of benzene rings is 1. The Hall–Kier alpha value is -2.60. The average molecular weight is 369 g/mol. The highest BCUT2D eigenvalue weighted by atomic mass is 16.5. The molecular formula is C21H27N3O3. The third-order valence-corrected chi connectivity index (χ3v) is 5.10. The molecule has 2 heterocycles. The van der Waals surface area contributed by atoms with E-state index >= 15 is 0 Å². The maximum absolute atomic E-state index is 12.7. The van der Waals surface area contributed by atoms with Crippen molar-refractivity contribution in [2.24, 2.45) is 0 Å². The fourth-order valence-electron chi connectivity index (χ4n) is 3.39. The molecule has 1 saturated heterocycles. The van der Waals surface area contributed by atoms with Gasteiger partial charge in [0.15, 0.2) is 5.78 Å². The molecule has 1 aromatic carbocycles. The van der Waals surface area contributed by atoms with Crippen molar-refractivity contribution >= 4 is 11.6 Å². The van der Waals surface area contributed by atoms with Crippen LogP contribution in [0.2, 0.25) is 0 Å². The SMILES string of the molecule is COc1ccc(C(=O)Cc2ccc(N3CCC(N(C)C)C3)nc2)c(OC)c1. The number of methoxy groups -OCH3 is 2. The number of carbonyl (C=O) groups excluding carboxylic acids is 1. The first kappa shape index (κ1) is 19.2. The second-order valence-electron chi connectivity index (χ2n) is 7.04. The molecule has 0 aliphatic carbocycles. The van der Waals surface area contributed by atoms with Gasteiger partial charge in [-0.1, -0.05) is 6.07 Å². The summed E-state index contributed by atoms with van der Waals surface area (Å²) in [6.45, 7) is 2.00. The molecule has 1 unspecified atom stereocenters. The monoisotopic (exact) mass is 369 g/mol. The molecule has 0 bridgehead atoms. The van der Waals surface area contributed by atoms with E-state index in [1.807, 2.05) is 12.1 Å². The Bertz CT molecular complexity index is 790. The number of anilines is 1. The molecule has 3 rings (SSSR count). The number of nitrogens with zero attached hydrogens (tertiary/aromatic N) is 3. The second-order valence-corrected chi connectivity index (χ2v) is 7.04. The Labute approximate surface area is 160 Å². The van der Waals surface area contributed by atoms with Crippen LogP contribution in [0.25, 0.3) is 0 Å². The van der Waals surface area contributed by atoms with Crippen molar-refractivity contribution < 1.29 is 14.3 Å². The number of likely N-dealkylation sites (N-methyl/N-ethyl adjacent to an activating group) is 1. The highest BCUT2D eigenvalue weighted by molar-refractivity contribution is 6.00. The van der Waals surface area contributed by atoms with Gasteiger partial charge in [-0.05, 0) is 44.3 Å². The van der Waals surface area contributed by atoms with E-state index in [9.17, 15) is 4.79 Å². The summed E-state index contributed by atoms with van der Waals surface area (Å²) >= 11 is 0. The van der Waals surface area contributed by atoms with Crippen LogP contribution in [0.4, 0.5) is 5.82 Å². The molecule has 1 atom stereocenters. The van der Waals surface area contributed by atoms with Gasteiger partial charge in [0.25, 0.3) is 0 Å². The normalized spacial score (nSPS) is 16.6. The van der Waals surface area contributed by atoms with Crippen LogP contribution in [0.15, 0.2) is 36.5 Å². The van der Waals surface area contributed by atoms with Gasteiger partial charge in [0.05, 0.1) is 19.8 Å². The summed E-state index contributed by atoms with van der Waals surface area (Å²) in [4.78, 5) is 21.8. The molecule has 27 heavy (non-hydrogen) atoms. The second kappa shape index (κ2) is 8.39. The summed E-state index contributed by atoms with van der Waals surface area (Å²) in [5.74, 6) is 2.15. The number of rotatable bonds is 7. The fraction of sp³-hybridized carbons (Fsp3) is 0.429. The molecule has 0 spiro atoms. The van der Waals surface area contributed by atoms with Gasteiger partial charge in [0.2, 0.25) is 0 Å². The van der Waals surface area contributed by atoms with E-state index in [0.717, 1.165) is 30.9 Å². The molecule has 6 nitrogen and oxygen atoms in total. The van der Waals surface area contributed by atoms with Gasteiger partial charge in [-0.3, -0.25) is 4.79 Å². The van der Waals surface area contributed by atoms with Gasteiger partial charge in [0.1, 0.15) is 17.3 Å². The fourth-order valence-corrected chi connectivity index (χ4v) is 3.39. The molecule has 6 heteroatoms. The van der Waals surface area contributed by atoms with E-state index in [-0.39, 0.29) is 12.2 Å². The van der Waals surface area contributed by atoms with Gasteiger partial charge in [-0.25, -0.2) is 4.98 Å². The molecule has 0 amide bonds. The zero-order valence-corrected chi connectivity index (χ0v) is 16.4. The summed E-state index contributed by atoms with van der Waals surface area (Å²) in [6, 6.07) is 9.79. The largest absolute Gasteiger partial charge is 0.497 e. The third kappa shape index (κ3) is 4.39. The third-order valence-electron chi connectivity index (χ3n) is 5.10. The molecule has 1 aliphatic rings. The first-order chi connectivity index (χ1) is 13.0. The molecule has 0 saturated carbocycles. The Morgan fingerprint density at radius 2 is 2.04 bits per heavy atom. The van der Waals surface area contributed by atoms with Crippen LogP contribution >= 0.6 is 0 Å². The molecule has 0 N–H and O–H groups in total. The first-order valence-corrected chi connectivity index (χ1v) is 9.13. The Kier molecular flexibility index (Phi) is 5.96. The Morgan fingerprint density at radius 3 is 2.63 bits per heavy atom. The first-order valence-electron chi connectivity index (χ1n) is 9.13. The number of ether oxygens (including phenoxy) is 2. The van der Waals surface area contributed by atoms with E-state index < -0.39 is 0 Å². The lowest BCUT2D eigenvalue weighted by Crippen LogP contribution is -2.31. The van der Waals surface area contributed by atoms with Crippen LogP contribution in [-0.4, -0.2) is 63.1 Å². The molecule has 1 fully saturated rings. The average Bonchev–Trinajstić information content (AvgIpc) is 3.18. The lowest BCUT2D eigenvalue weighted by molar-refractivity contribution is 0.0990. The van der Waals surface area contributed by atoms with Gasteiger partial charge in [-0.15, -0.1) is 0 Å². The lowest BCUT2D eigenvalue weighted by Gasteiger charge is -2.21. The maximum atomic E-state index is 12.7. The highest BCUT2D eigenvalue weighted by Gasteiger charge is 2.24. The van der Waals surface area contributed by atoms with Gasteiger partial charge < -0.3 is 19.3 Å². The predicted molar refractivity (Wildman–Crippen MR) is 106 cm³/mol. The Balaban J connectivity index is 1.67. The van der Waals surface area contributed by atoms with Crippen molar-refractivity contribution in [1.82, 2.24) is 9.88 Å².